The van der Waals surface area contributed by atoms with Crippen LogP contribution >= 0.6 is 11.6 Å². The molecule has 0 fully saturated rings. The lowest BCUT2D eigenvalue weighted by atomic mass is 10.2. The summed E-state index contributed by atoms with van der Waals surface area (Å²) in [6.45, 7) is 4.21. The Morgan fingerprint density at radius 1 is 1.40 bits per heavy atom. The van der Waals surface area contributed by atoms with E-state index in [4.69, 9.17) is 16.3 Å². The first-order chi connectivity index (χ1) is 12.0. The van der Waals surface area contributed by atoms with Crippen molar-refractivity contribution in [2.75, 3.05) is 23.4 Å². The molecule has 1 N–H and O–H groups in total. The highest BCUT2D eigenvalue weighted by atomic mass is 35.5. The van der Waals surface area contributed by atoms with Gasteiger partial charge in [0, 0.05) is 18.3 Å². The third kappa shape index (κ3) is 3.56. The summed E-state index contributed by atoms with van der Waals surface area (Å²) in [5.74, 6) is 0.808. The number of ether oxygens (including phenoxy) is 1. The molecule has 0 bridgehead atoms. The number of rotatable bonds is 4. The molecule has 0 radical (unpaired) electrons. The van der Waals surface area contributed by atoms with Gasteiger partial charge in [0.15, 0.2) is 5.78 Å². The van der Waals surface area contributed by atoms with Crippen LogP contribution in [0.4, 0.5) is 17.2 Å². The van der Waals surface area contributed by atoms with E-state index in [1.165, 1.54) is 13.1 Å². The van der Waals surface area contributed by atoms with Gasteiger partial charge in [0.2, 0.25) is 11.2 Å². The van der Waals surface area contributed by atoms with Crippen molar-refractivity contribution in [1.82, 2.24) is 9.97 Å². The van der Waals surface area contributed by atoms with Gasteiger partial charge < -0.3 is 15.0 Å². The van der Waals surface area contributed by atoms with Crippen molar-refractivity contribution in [3.8, 4) is 5.75 Å². The molecule has 3 rings (SSSR count). The molecular formula is C17H17ClN4O3. The Bertz CT molecular complexity index is 841. The van der Waals surface area contributed by atoms with E-state index in [0.29, 0.717) is 48.1 Å². The van der Waals surface area contributed by atoms with Crippen LogP contribution in [-0.4, -0.2) is 34.8 Å². The fraction of sp³-hybridized carbons (Fsp3) is 0.294. The molecule has 130 valence electrons. The number of amides is 1. The second kappa shape index (κ2) is 7.06. The molecule has 0 saturated heterocycles. The molecule has 1 aliphatic rings. The molecule has 7 nitrogen and oxygen atoms in total. The van der Waals surface area contributed by atoms with Crippen molar-refractivity contribution >= 4 is 40.5 Å². The zero-order valence-corrected chi connectivity index (χ0v) is 14.6. The van der Waals surface area contributed by atoms with E-state index in [1.54, 1.807) is 23.1 Å². The molecule has 2 aromatic rings. The van der Waals surface area contributed by atoms with Gasteiger partial charge in [0.05, 0.1) is 17.8 Å². The fourth-order valence-electron chi connectivity index (χ4n) is 2.60. The average Bonchev–Trinajstić information content (AvgIpc) is 2.60. The number of nitrogens with one attached hydrogen (secondary N) is 1. The van der Waals surface area contributed by atoms with Gasteiger partial charge in [-0.2, -0.15) is 4.98 Å². The summed E-state index contributed by atoms with van der Waals surface area (Å²) >= 11 is 5.84. The molecule has 2 heterocycles. The SMILES string of the molecule is CCC(=O)N1CCOc2ccc(Nc3nc(Cl)ncc3C(C)=O)cc21. The number of ketones is 1. The van der Waals surface area contributed by atoms with Gasteiger partial charge in [-0.05, 0) is 36.7 Å². The first-order valence-corrected chi connectivity index (χ1v) is 8.25. The van der Waals surface area contributed by atoms with Crippen molar-refractivity contribution in [3.05, 3.63) is 35.2 Å². The number of hydrogen-bond acceptors (Lipinski definition) is 6. The molecule has 0 aliphatic carbocycles. The van der Waals surface area contributed by atoms with Gasteiger partial charge in [-0.3, -0.25) is 9.59 Å². The number of fused-ring (bicyclic) bond motifs is 1. The normalized spacial score (nSPS) is 13.0. The van der Waals surface area contributed by atoms with Gasteiger partial charge in [-0.15, -0.1) is 0 Å². The molecule has 0 unspecified atom stereocenters. The Hall–Kier alpha value is -2.67. The van der Waals surface area contributed by atoms with E-state index < -0.39 is 0 Å². The quantitative estimate of drug-likeness (QED) is 0.665. The molecule has 1 aliphatic heterocycles. The van der Waals surface area contributed by atoms with Crippen LogP contribution in [0.1, 0.15) is 30.6 Å². The van der Waals surface area contributed by atoms with Crippen LogP contribution in [-0.2, 0) is 4.79 Å². The lowest BCUT2D eigenvalue weighted by molar-refractivity contribution is -0.118. The Labute approximate surface area is 150 Å². The molecule has 0 saturated carbocycles. The largest absolute Gasteiger partial charge is 0.490 e. The molecule has 0 atom stereocenters. The van der Waals surface area contributed by atoms with E-state index in [1.807, 2.05) is 6.92 Å². The minimum atomic E-state index is -0.178. The Kier molecular flexibility index (Phi) is 4.85. The van der Waals surface area contributed by atoms with Crippen molar-refractivity contribution < 1.29 is 14.3 Å². The summed E-state index contributed by atoms with van der Waals surface area (Å²) in [6, 6.07) is 5.36. The van der Waals surface area contributed by atoms with Gasteiger partial charge in [0.1, 0.15) is 18.2 Å². The number of carbonyl (C=O) groups is 2. The lowest BCUT2D eigenvalue weighted by Gasteiger charge is -2.29. The third-order valence-corrected chi connectivity index (χ3v) is 4.01. The smallest absolute Gasteiger partial charge is 0.226 e. The number of aromatic nitrogens is 2. The standard InChI is InChI=1S/C17H17ClN4O3/c1-3-15(24)22-6-7-25-14-5-4-11(8-13(14)22)20-16-12(10(2)23)9-19-17(18)21-16/h4-5,8-9H,3,6-7H2,1-2H3,(H,19,20,21). The first-order valence-electron chi connectivity index (χ1n) is 7.87. The zero-order chi connectivity index (χ0) is 18.0. The van der Waals surface area contributed by atoms with Crippen LogP contribution in [0, 0.1) is 0 Å². The Balaban J connectivity index is 1.97. The minimum Gasteiger partial charge on any atom is -0.490 e. The molecular weight excluding hydrogens is 344 g/mol. The summed E-state index contributed by atoms with van der Waals surface area (Å²) in [5.41, 5.74) is 1.68. The molecule has 1 amide bonds. The highest BCUT2D eigenvalue weighted by molar-refractivity contribution is 6.28. The molecule has 1 aromatic heterocycles. The molecule has 0 spiro atoms. The van der Waals surface area contributed by atoms with Crippen LogP contribution in [0.3, 0.4) is 0 Å². The lowest BCUT2D eigenvalue weighted by Crippen LogP contribution is -2.37. The van der Waals surface area contributed by atoms with Crippen molar-refractivity contribution in [2.24, 2.45) is 0 Å². The minimum absolute atomic E-state index is 0.0243. The maximum absolute atomic E-state index is 12.2. The van der Waals surface area contributed by atoms with E-state index in [9.17, 15) is 9.59 Å². The summed E-state index contributed by atoms with van der Waals surface area (Å²) in [4.78, 5) is 33.5. The van der Waals surface area contributed by atoms with Gasteiger partial charge >= 0.3 is 0 Å². The number of nitrogens with zero attached hydrogens (tertiary/aromatic N) is 3. The third-order valence-electron chi connectivity index (χ3n) is 3.83. The fourth-order valence-corrected chi connectivity index (χ4v) is 2.73. The van der Waals surface area contributed by atoms with Crippen molar-refractivity contribution in [2.45, 2.75) is 20.3 Å². The monoisotopic (exact) mass is 360 g/mol. The van der Waals surface area contributed by atoms with Gasteiger partial charge in [-0.25, -0.2) is 4.98 Å². The number of carbonyl (C=O) groups excluding carboxylic acids is 2. The second-order valence-electron chi connectivity index (χ2n) is 5.51. The number of benzene rings is 1. The van der Waals surface area contributed by atoms with Crippen LogP contribution < -0.4 is 15.0 Å². The number of Topliss-reactive ketones (excluding diaryl/α,β-unsaturated/α-hetero) is 1. The maximum Gasteiger partial charge on any atom is 0.226 e. The predicted octanol–water partition coefficient (Wildman–Crippen LogP) is 3.21. The molecule has 1 aromatic carbocycles. The number of anilines is 3. The first kappa shape index (κ1) is 17.2. The van der Waals surface area contributed by atoms with E-state index >= 15 is 0 Å². The number of hydrogen-bond donors (Lipinski definition) is 1. The van der Waals surface area contributed by atoms with Crippen LogP contribution in [0.15, 0.2) is 24.4 Å². The summed E-state index contributed by atoms with van der Waals surface area (Å²) < 4.78 is 5.61. The Morgan fingerprint density at radius 3 is 2.92 bits per heavy atom. The average molecular weight is 361 g/mol. The molecule has 25 heavy (non-hydrogen) atoms. The van der Waals surface area contributed by atoms with E-state index in [0.717, 1.165) is 0 Å². The topological polar surface area (TPSA) is 84.4 Å². The Morgan fingerprint density at radius 2 is 2.20 bits per heavy atom. The van der Waals surface area contributed by atoms with Crippen molar-refractivity contribution in [3.63, 3.8) is 0 Å². The summed E-state index contributed by atoms with van der Waals surface area (Å²) in [7, 11) is 0. The summed E-state index contributed by atoms with van der Waals surface area (Å²) in [6.07, 6.45) is 1.79. The highest BCUT2D eigenvalue weighted by Crippen LogP contribution is 2.35. The van der Waals surface area contributed by atoms with Gasteiger partial charge in [-0.1, -0.05) is 6.92 Å². The van der Waals surface area contributed by atoms with Crippen LogP contribution in [0.5, 0.6) is 5.75 Å². The van der Waals surface area contributed by atoms with E-state index in [2.05, 4.69) is 15.3 Å². The number of halogens is 1. The van der Waals surface area contributed by atoms with Crippen LogP contribution in [0.25, 0.3) is 0 Å². The maximum atomic E-state index is 12.2. The zero-order valence-electron chi connectivity index (χ0n) is 13.9. The van der Waals surface area contributed by atoms with Crippen LogP contribution in [0.2, 0.25) is 5.28 Å². The van der Waals surface area contributed by atoms with Gasteiger partial charge in [0.25, 0.3) is 0 Å². The van der Waals surface area contributed by atoms with Crippen molar-refractivity contribution in [1.29, 1.82) is 0 Å². The summed E-state index contributed by atoms with van der Waals surface area (Å²) in [5, 5.41) is 3.11. The second-order valence-corrected chi connectivity index (χ2v) is 5.85. The molecule has 8 heteroatoms. The van der Waals surface area contributed by atoms with E-state index in [-0.39, 0.29) is 17.0 Å². The highest BCUT2D eigenvalue weighted by Gasteiger charge is 2.23. The predicted molar refractivity (Wildman–Crippen MR) is 94.9 cm³/mol.